The molecule has 0 aromatic heterocycles. The van der Waals surface area contributed by atoms with Crippen molar-refractivity contribution in [3.63, 3.8) is 0 Å². The summed E-state index contributed by atoms with van der Waals surface area (Å²) in [6, 6.07) is 9.83. The van der Waals surface area contributed by atoms with Crippen molar-refractivity contribution in [1.29, 1.82) is 0 Å². The van der Waals surface area contributed by atoms with E-state index in [2.05, 4.69) is 5.32 Å². The summed E-state index contributed by atoms with van der Waals surface area (Å²) in [5.74, 6) is -0.343. The molecule has 6 heteroatoms. The number of hydrogen-bond donors (Lipinski definition) is 2. The third kappa shape index (κ3) is 4.37. The molecule has 0 saturated carbocycles. The van der Waals surface area contributed by atoms with Crippen molar-refractivity contribution in [2.24, 2.45) is 0 Å². The van der Waals surface area contributed by atoms with Gasteiger partial charge in [-0.3, -0.25) is 10.1 Å². The number of aliphatic hydroxyl groups excluding tert-OH is 1. The average molecular weight is 332 g/mol. The summed E-state index contributed by atoms with van der Waals surface area (Å²) in [6.45, 7) is 4.45. The van der Waals surface area contributed by atoms with Gasteiger partial charge in [-0.15, -0.1) is 0 Å². The first-order valence-electron chi connectivity index (χ1n) is 7.78. The highest BCUT2D eigenvalue weighted by Gasteiger charge is 2.16. The van der Waals surface area contributed by atoms with Crippen LogP contribution in [0.4, 0.5) is 10.1 Å². The Bertz CT molecular complexity index is 732. The maximum atomic E-state index is 13.3. The number of hydrogen-bond acceptors (Lipinski definition) is 4. The van der Waals surface area contributed by atoms with Gasteiger partial charge in [-0.2, -0.15) is 0 Å². The van der Waals surface area contributed by atoms with Crippen LogP contribution >= 0.6 is 0 Å². The molecule has 0 aliphatic rings. The van der Waals surface area contributed by atoms with Crippen molar-refractivity contribution in [1.82, 2.24) is 5.32 Å². The fourth-order valence-electron chi connectivity index (χ4n) is 2.56. The van der Waals surface area contributed by atoms with Gasteiger partial charge in [0.15, 0.2) is 0 Å². The van der Waals surface area contributed by atoms with Crippen molar-refractivity contribution in [2.45, 2.75) is 39.5 Å². The zero-order valence-corrected chi connectivity index (χ0v) is 13.8. The highest BCUT2D eigenvalue weighted by atomic mass is 19.1. The number of nitro benzene ring substituents is 1. The Morgan fingerprint density at radius 2 is 1.79 bits per heavy atom. The van der Waals surface area contributed by atoms with E-state index in [1.807, 2.05) is 19.9 Å². The van der Waals surface area contributed by atoms with Gasteiger partial charge >= 0.3 is 0 Å². The minimum absolute atomic E-state index is 0.0866. The molecule has 0 fully saturated rings. The first-order valence-corrected chi connectivity index (χ1v) is 7.78. The third-order valence-electron chi connectivity index (χ3n) is 3.85. The Hall–Kier alpha value is -2.31. The Kier molecular flexibility index (Phi) is 6.00. The van der Waals surface area contributed by atoms with E-state index in [-0.39, 0.29) is 28.7 Å². The normalized spacial score (nSPS) is 11.0. The van der Waals surface area contributed by atoms with Crippen molar-refractivity contribution >= 4 is 5.69 Å². The van der Waals surface area contributed by atoms with Gasteiger partial charge in [0.05, 0.1) is 11.5 Å². The van der Waals surface area contributed by atoms with Gasteiger partial charge in [0, 0.05) is 30.3 Å². The van der Waals surface area contributed by atoms with Crippen molar-refractivity contribution < 1.29 is 14.4 Å². The maximum absolute atomic E-state index is 13.3. The van der Waals surface area contributed by atoms with Crippen LogP contribution in [0.25, 0.3) is 0 Å². The Morgan fingerprint density at radius 1 is 1.17 bits per heavy atom. The highest BCUT2D eigenvalue weighted by molar-refractivity contribution is 5.45. The zero-order chi connectivity index (χ0) is 17.7. The summed E-state index contributed by atoms with van der Waals surface area (Å²) in [7, 11) is 0. The van der Waals surface area contributed by atoms with Gasteiger partial charge in [-0.25, -0.2) is 4.39 Å². The number of nitrogens with one attached hydrogen (secondary N) is 1. The van der Waals surface area contributed by atoms with Crippen molar-refractivity contribution in [3.8, 4) is 0 Å². The molecule has 0 saturated heterocycles. The lowest BCUT2D eigenvalue weighted by Crippen LogP contribution is -2.13. The molecule has 0 spiro atoms. The van der Waals surface area contributed by atoms with Crippen LogP contribution in [0.15, 0.2) is 36.4 Å². The molecule has 0 radical (unpaired) electrons. The van der Waals surface area contributed by atoms with E-state index in [9.17, 15) is 14.5 Å². The molecule has 5 nitrogen and oxygen atoms in total. The number of benzene rings is 2. The predicted molar refractivity (Wildman–Crippen MR) is 90.1 cm³/mol. The van der Waals surface area contributed by atoms with E-state index in [0.29, 0.717) is 13.1 Å². The number of nitro groups is 1. The SMILES string of the molecule is CC(C)c1ccc(CNCc2ccc(F)c(CO)c2)cc1[N+](=O)[O-]. The Labute approximate surface area is 140 Å². The molecule has 128 valence electrons. The molecule has 0 amide bonds. The largest absolute Gasteiger partial charge is 0.392 e. The van der Waals surface area contributed by atoms with Crippen LogP contribution in [0.5, 0.6) is 0 Å². The lowest BCUT2D eigenvalue weighted by atomic mass is 9.99. The molecule has 0 atom stereocenters. The fourth-order valence-corrected chi connectivity index (χ4v) is 2.56. The second kappa shape index (κ2) is 7.99. The van der Waals surface area contributed by atoms with E-state index in [0.717, 1.165) is 16.7 Å². The first-order chi connectivity index (χ1) is 11.4. The van der Waals surface area contributed by atoms with E-state index in [1.165, 1.54) is 6.07 Å². The number of aliphatic hydroxyl groups is 1. The number of nitrogens with zero attached hydrogens (tertiary/aromatic N) is 1. The fraction of sp³-hybridized carbons (Fsp3) is 0.333. The van der Waals surface area contributed by atoms with Crippen molar-refractivity contribution in [2.75, 3.05) is 0 Å². The molecule has 2 rings (SSSR count). The molecule has 0 aliphatic carbocycles. The molecule has 2 aromatic rings. The zero-order valence-electron chi connectivity index (χ0n) is 13.8. The van der Waals surface area contributed by atoms with E-state index in [4.69, 9.17) is 5.11 Å². The van der Waals surface area contributed by atoms with E-state index < -0.39 is 5.82 Å². The molecule has 2 N–H and O–H groups in total. The topological polar surface area (TPSA) is 75.4 Å². The maximum Gasteiger partial charge on any atom is 0.273 e. The predicted octanol–water partition coefficient (Wildman–Crippen LogP) is 3.64. The molecule has 24 heavy (non-hydrogen) atoms. The van der Waals surface area contributed by atoms with Crippen LogP contribution in [-0.4, -0.2) is 10.0 Å². The lowest BCUT2D eigenvalue weighted by molar-refractivity contribution is -0.385. The standard InChI is InChI=1S/C18H21FN2O3/c1-12(2)16-5-3-14(8-18(16)21(23)24)10-20-9-13-4-6-17(19)15(7-13)11-22/h3-8,12,20,22H,9-11H2,1-2H3. The van der Waals surface area contributed by atoms with E-state index in [1.54, 1.807) is 24.3 Å². The summed E-state index contributed by atoms with van der Waals surface area (Å²) in [5, 5.41) is 23.5. The van der Waals surface area contributed by atoms with Gasteiger partial charge in [0.2, 0.25) is 0 Å². The minimum Gasteiger partial charge on any atom is -0.392 e. The van der Waals surface area contributed by atoms with Gasteiger partial charge in [-0.1, -0.05) is 32.0 Å². The monoisotopic (exact) mass is 332 g/mol. The second-order valence-corrected chi connectivity index (χ2v) is 5.99. The number of rotatable bonds is 7. The molecule has 2 aromatic carbocycles. The van der Waals surface area contributed by atoms with Crippen LogP contribution in [0.3, 0.4) is 0 Å². The summed E-state index contributed by atoms with van der Waals surface area (Å²) < 4.78 is 13.3. The van der Waals surface area contributed by atoms with Crippen LogP contribution < -0.4 is 5.32 Å². The quantitative estimate of drug-likeness (QED) is 0.599. The van der Waals surface area contributed by atoms with Gasteiger partial charge < -0.3 is 10.4 Å². The summed E-state index contributed by atoms with van der Waals surface area (Å²) in [4.78, 5) is 10.8. The molecule has 0 heterocycles. The average Bonchev–Trinajstić information content (AvgIpc) is 2.56. The molecular formula is C18H21FN2O3. The summed E-state index contributed by atoms with van der Waals surface area (Å²) in [6.07, 6.45) is 0. The summed E-state index contributed by atoms with van der Waals surface area (Å²) >= 11 is 0. The van der Waals surface area contributed by atoms with Gasteiger partial charge in [0.25, 0.3) is 5.69 Å². The van der Waals surface area contributed by atoms with E-state index >= 15 is 0 Å². The molecule has 0 bridgehead atoms. The Morgan fingerprint density at radius 3 is 2.38 bits per heavy atom. The van der Waals surface area contributed by atoms with Gasteiger partial charge in [-0.05, 0) is 29.2 Å². The lowest BCUT2D eigenvalue weighted by Gasteiger charge is -2.10. The first kappa shape index (κ1) is 18.0. The smallest absolute Gasteiger partial charge is 0.273 e. The Balaban J connectivity index is 2.04. The highest BCUT2D eigenvalue weighted by Crippen LogP contribution is 2.27. The van der Waals surface area contributed by atoms with Gasteiger partial charge in [0.1, 0.15) is 5.82 Å². The molecule has 0 unspecified atom stereocenters. The molecule has 0 aliphatic heterocycles. The van der Waals surface area contributed by atoms with Crippen LogP contribution in [0, 0.1) is 15.9 Å². The molecular weight excluding hydrogens is 311 g/mol. The minimum atomic E-state index is -0.429. The third-order valence-corrected chi connectivity index (χ3v) is 3.85. The second-order valence-electron chi connectivity index (χ2n) is 5.99. The van der Waals surface area contributed by atoms with Crippen LogP contribution in [0.1, 0.15) is 42.0 Å². The van der Waals surface area contributed by atoms with Crippen LogP contribution in [-0.2, 0) is 19.7 Å². The van der Waals surface area contributed by atoms with Crippen molar-refractivity contribution in [3.05, 3.63) is 74.6 Å². The van der Waals surface area contributed by atoms with Crippen LogP contribution in [0.2, 0.25) is 0 Å². The summed E-state index contributed by atoms with van der Waals surface area (Å²) in [5.41, 5.74) is 2.76. The number of halogens is 1.